The molecule has 0 spiro atoms. The SMILES string of the molecule is COCCS(=O)(=O)N1CC(C)OC(CCl)C1. The Morgan fingerprint density at radius 2 is 2.19 bits per heavy atom. The lowest BCUT2D eigenvalue weighted by Gasteiger charge is -2.35. The lowest BCUT2D eigenvalue weighted by atomic mass is 10.3. The Kier molecular flexibility index (Phi) is 5.46. The van der Waals surface area contributed by atoms with Gasteiger partial charge in [-0.05, 0) is 6.92 Å². The second-order valence-corrected chi connectivity index (χ2v) is 6.25. The van der Waals surface area contributed by atoms with Crippen LogP contribution in [0.15, 0.2) is 0 Å². The molecule has 0 aromatic rings. The van der Waals surface area contributed by atoms with Gasteiger partial charge in [-0.3, -0.25) is 0 Å². The van der Waals surface area contributed by atoms with Gasteiger partial charge in [-0.15, -0.1) is 11.6 Å². The summed E-state index contributed by atoms with van der Waals surface area (Å²) in [7, 11) is -1.77. The van der Waals surface area contributed by atoms with Crippen molar-refractivity contribution in [3.63, 3.8) is 0 Å². The van der Waals surface area contributed by atoms with E-state index in [2.05, 4.69) is 0 Å². The predicted molar refractivity (Wildman–Crippen MR) is 62.3 cm³/mol. The van der Waals surface area contributed by atoms with Crippen LogP contribution >= 0.6 is 11.6 Å². The van der Waals surface area contributed by atoms with Crippen LogP contribution in [-0.2, 0) is 19.5 Å². The number of alkyl halides is 1. The molecule has 1 fully saturated rings. The van der Waals surface area contributed by atoms with E-state index in [0.717, 1.165) is 0 Å². The smallest absolute Gasteiger partial charge is 0.216 e. The van der Waals surface area contributed by atoms with E-state index in [1.165, 1.54) is 11.4 Å². The summed E-state index contributed by atoms with van der Waals surface area (Å²) in [4.78, 5) is 0. The van der Waals surface area contributed by atoms with Crippen molar-refractivity contribution in [1.29, 1.82) is 0 Å². The molecule has 16 heavy (non-hydrogen) atoms. The Morgan fingerprint density at radius 1 is 1.50 bits per heavy atom. The first-order chi connectivity index (χ1) is 7.49. The van der Waals surface area contributed by atoms with Crippen LogP contribution in [0.5, 0.6) is 0 Å². The molecule has 0 N–H and O–H groups in total. The van der Waals surface area contributed by atoms with E-state index < -0.39 is 10.0 Å². The van der Waals surface area contributed by atoms with E-state index in [-0.39, 0.29) is 24.6 Å². The molecular formula is C9H18ClNO4S. The molecule has 0 aromatic heterocycles. The third-order valence-electron chi connectivity index (χ3n) is 2.40. The maximum atomic E-state index is 11.9. The van der Waals surface area contributed by atoms with E-state index >= 15 is 0 Å². The van der Waals surface area contributed by atoms with Crippen molar-refractivity contribution in [3.8, 4) is 0 Å². The van der Waals surface area contributed by atoms with Gasteiger partial charge in [0, 0.05) is 26.1 Å². The fourth-order valence-electron chi connectivity index (χ4n) is 1.63. The number of hydrogen-bond donors (Lipinski definition) is 0. The lowest BCUT2D eigenvalue weighted by molar-refractivity contribution is -0.0424. The highest BCUT2D eigenvalue weighted by Crippen LogP contribution is 2.16. The van der Waals surface area contributed by atoms with Gasteiger partial charge in [0.25, 0.3) is 0 Å². The van der Waals surface area contributed by atoms with Crippen LogP contribution < -0.4 is 0 Å². The average Bonchev–Trinajstić information content (AvgIpc) is 2.25. The molecule has 2 unspecified atom stereocenters. The van der Waals surface area contributed by atoms with Gasteiger partial charge in [-0.2, -0.15) is 4.31 Å². The fourth-order valence-corrected chi connectivity index (χ4v) is 3.27. The quantitative estimate of drug-likeness (QED) is 0.675. The largest absolute Gasteiger partial charge is 0.384 e. The highest BCUT2D eigenvalue weighted by atomic mass is 35.5. The van der Waals surface area contributed by atoms with Gasteiger partial charge < -0.3 is 9.47 Å². The molecule has 0 aromatic carbocycles. The molecule has 5 nitrogen and oxygen atoms in total. The zero-order chi connectivity index (χ0) is 12.2. The summed E-state index contributed by atoms with van der Waals surface area (Å²) in [5, 5.41) is 0. The topological polar surface area (TPSA) is 55.8 Å². The molecule has 0 saturated carbocycles. The summed E-state index contributed by atoms with van der Waals surface area (Å²) >= 11 is 5.69. The van der Waals surface area contributed by atoms with Crippen molar-refractivity contribution < 1.29 is 17.9 Å². The minimum absolute atomic E-state index is 0.00518. The van der Waals surface area contributed by atoms with Crippen LogP contribution in [0, 0.1) is 0 Å². The molecule has 7 heteroatoms. The number of nitrogens with zero attached hydrogens (tertiary/aromatic N) is 1. The zero-order valence-corrected chi connectivity index (χ0v) is 11.1. The number of rotatable bonds is 5. The average molecular weight is 272 g/mol. The summed E-state index contributed by atoms with van der Waals surface area (Å²) < 4.78 is 35.5. The standard InChI is InChI=1S/C9H18ClNO4S/c1-8-6-11(7-9(5-10)15-8)16(12,13)4-3-14-2/h8-9H,3-7H2,1-2H3. The molecule has 0 radical (unpaired) electrons. The highest BCUT2D eigenvalue weighted by molar-refractivity contribution is 7.89. The number of hydrogen-bond acceptors (Lipinski definition) is 4. The Balaban J connectivity index is 2.64. The normalized spacial score (nSPS) is 28.2. The maximum Gasteiger partial charge on any atom is 0.216 e. The van der Waals surface area contributed by atoms with E-state index in [4.69, 9.17) is 21.1 Å². The summed E-state index contributed by atoms with van der Waals surface area (Å²) in [5.41, 5.74) is 0. The molecule has 96 valence electrons. The monoisotopic (exact) mass is 271 g/mol. The minimum Gasteiger partial charge on any atom is -0.384 e. The first-order valence-electron chi connectivity index (χ1n) is 5.17. The van der Waals surface area contributed by atoms with Crippen LogP contribution in [0.4, 0.5) is 0 Å². The first-order valence-corrected chi connectivity index (χ1v) is 7.32. The van der Waals surface area contributed by atoms with Crippen molar-refractivity contribution in [1.82, 2.24) is 4.31 Å². The second kappa shape index (κ2) is 6.16. The molecule has 1 saturated heterocycles. The molecule has 1 heterocycles. The van der Waals surface area contributed by atoms with Crippen LogP contribution in [0.1, 0.15) is 6.92 Å². The van der Waals surface area contributed by atoms with Crippen LogP contribution in [0.2, 0.25) is 0 Å². The third kappa shape index (κ3) is 3.85. The van der Waals surface area contributed by atoms with Gasteiger partial charge in [-0.25, -0.2) is 8.42 Å². The van der Waals surface area contributed by atoms with E-state index in [1.54, 1.807) is 0 Å². The Bertz CT molecular complexity index is 309. The number of morpholine rings is 1. The molecule has 1 aliphatic rings. The Hall–Kier alpha value is 0.120. The van der Waals surface area contributed by atoms with Crippen molar-refractivity contribution in [3.05, 3.63) is 0 Å². The van der Waals surface area contributed by atoms with Crippen molar-refractivity contribution in [2.24, 2.45) is 0 Å². The zero-order valence-electron chi connectivity index (χ0n) is 9.56. The van der Waals surface area contributed by atoms with Crippen molar-refractivity contribution >= 4 is 21.6 Å². The molecule has 0 amide bonds. The van der Waals surface area contributed by atoms with Gasteiger partial charge in [0.05, 0.1) is 24.6 Å². The van der Waals surface area contributed by atoms with Gasteiger partial charge in [0.2, 0.25) is 10.0 Å². The van der Waals surface area contributed by atoms with E-state index in [1.807, 2.05) is 6.92 Å². The summed E-state index contributed by atoms with van der Waals surface area (Å²) in [5.74, 6) is 0.311. The molecule has 2 atom stereocenters. The fraction of sp³-hybridized carbons (Fsp3) is 1.00. The molecule has 1 rings (SSSR count). The van der Waals surface area contributed by atoms with Gasteiger partial charge in [0.1, 0.15) is 0 Å². The second-order valence-electron chi connectivity index (χ2n) is 3.85. The van der Waals surface area contributed by atoms with Crippen LogP contribution in [0.25, 0.3) is 0 Å². The van der Waals surface area contributed by atoms with Gasteiger partial charge in [-0.1, -0.05) is 0 Å². The molecule has 0 bridgehead atoms. The minimum atomic E-state index is -3.25. The lowest BCUT2D eigenvalue weighted by Crippen LogP contribution is -2.50. The number of halogens is 1. The first kappa shape index (κ1) is 14.2. The highest BCUT2D eigenvalue weighted by Gasteiger charge is 2.31. The Labute approximate surface area is 102 Å². The number of sulfonamides is 1. The van der Waals surface area contributed by atoms with E-state index in [9.17, 15) is 8.42 Å². The molecule has 0 aliphatic carbocycles. The maximum absolute atomic E-state index is 11.9. The van der Waals surface area contributed by atoms with Gasteiger partial charge >= 0.3 is 0 Å². The molecular weight excluding hydrogens is 254 g/mol. The van der Waals surface area contributed by atoms with E-state index in [0.29, 0.717) is 19.0 Å². The Morgan fingerprint density at radius 3 is 2.75 bits per heavy atom. The van der Waals surface area contributed by atoms with Gasteiger partial charge in [0.15, 0.2) is 0 Å². The summed E-state index contributed by atoms with van der Waals surface area (Å²) in [6.07, 6.45) is -0.336. The number of ether oxygens (including phenoxy) is 2. The summed E-state index contributed by atoms with van der Waals surface area (Å²) in [6.45, 7) is 2.77. The number of methoxy groups -OCH3 is 1. The third-order valence-corrected chi connectivity index (χ3v) is 4.52. The van der Waals surface area contributed by atoms with Crippen molar-refractivity contribution in [2.45, 2.75) is 19.1 Å². The van der Waals surface area contributed by atoms with Crippen molar-refractivity contribution in [2.75, 3.05) is 38.4 Å². The summed E-state index contributed by atoms with van der Waals surface area (Å²) in [6, 6.07) is 0. The predicted octanol–water partition coefficient (Wildman–Crippen LogP) is 0.291. The molecule has 1 aliphatic heterocycles. The van der Waals surface area contributed by atoms with Crippen LogP contribution in [-0.4, -0.2) is 63.4 Å². The van der Waals surface area contributed by atoms with Crippen LogP contribution in [0.3, 0.4) is 0 Å².